The minimum atomic E-state index is -3.73. The number of hydrogen-bond acceptors (Lipinski definition) is 4. The van der Waals surface area contributed by atoms with E-state index in [1.54, 1.807) is 6.20 Å². The van der Waals surface area contributed by atoms with Crippen molar-refractivity contribution in [3.63, 3.8) is 0 Å². The number of rotatable bonds is 10. The number of halogens is 1. The third kappa shape index (κ3) is 5.80. The first kappa shape index (κ1) is 23.6. The summed E-state index contributed by atoms with van der Waals surface area (Å²) in [7, 11) is -2.28. The number of nitrogens with zero attached hydrogens (tertiary/aromatic N) is 2. The summed E-state index contributed by atoms with van der Waals surface area (Å²) in [6.45, 7) is 2.13. The van der Waals surface area contributed by atoms with Gasteiger partial charge in [0, 0.05) is 20.0 Å². The number of aromatic amines is 1. The molecule has 0 spiro atoms. The maximum atomic E-state index is 13.1. The number of nitrogens with one attached hydrogen (secondary N) is 2. The molecule has 1 heterocycles. The number of carbonyl (C=O) groups is 1. The second kappa shape index (κ2) is 10.5. The summed E-state index contributed by atoms with van der Waals surface area (Å²) >= 11 is 0. The molecule has 0 aliphatic heterocycles. The van der Waals surface area contributed by atoms with Gasteiger partial charge in [-0.05, 0) is 42.7 Å². The zero-order chi connectivity index (χ0) is 23.1. The van der Waals surface area contributed by atoms with Crippen molar-refractivity contribution >= 4 is 15.9 Å². The highest BCUT2D eigenvalue weighted by atomic mass is 32.2. The maximum Gasteiger partial charge on any atom is 0.242 e. The molecular weight excluding hydrogens is 431 g/mol. The minimum absolute atomic E-state index is 0.0175. The molecule has 0 aliphatic carbocycles. The second-order valence-corrected chi connectivity index (χ2v) is 9.51. The Morgan fingerprint density at radius 2 is 1.84 bits per heavy atom. The van der Waals surface area contributed by atoms with Gasteiger partial charge in [-0.15, -0.1) is 0 Å². The number of H-pyrrole nitrogens is 1. The van der Waals surface area contributed by atoms with Gasteiger partial charge in [-0.2, -0.15) is 0 Å². The Morgan fingerprint density at radius 1 is 1.16 bits per heavy atom. The number of imidazole rings is 1. The highest BCUT2D eigenvalue weighted by Crippen LogP contribution is 2.21. The van der Waals surface area contributed by atoms with E-state index in [4.69, 9.17) is 0 Å². The maximum absolute atomic E-state index is 13.1. The van der Waals surface area contributed by atoms with Crippen molar-refractivity contribution in [3.05, 3.63) is 72.4 Å². The monoisotopic (exact) mass is 458 g/mol. The normalized spacial score (nSPS) is 12.6. The quantitative estimate of drug-likeness (QED) is 0.482. The highest BCUT2D eigenvalue weighted by molar-refractivity contribution is 7.89. The predicted octanol–water partition coefficient (Wildman–Crippen LogP) is 3.88. The fraction of sp³-hybridized carbons (Fsp3) is 0.304. The molecule has 0 bridgehead atoms. The largest absolute Gasteiger partial charge is 0.346 e. The molecule has 0 saturated carbocycles. The standard InChI is InChI=1S/C23H27FN4O3S/c1-3-20(23-25-16-21(27-23)17-8-5-4-6-9-17)26-22(29)10-7-15-28(2)32(30,31)19-13-11-18(24)12-14-19/h4-6,8-9,11-14,16,20H,3,7,10,15H2,1-2H3,(H,25,27)(H,26,29). The molecule has 0 radical (unpaired) electrons. The van der Waals surface area contributed by atoms with E-state index in [9.17, 15) is 17.6 Å². The molecule has 9 heteroatoms. The van der Waals surface area contributed by atoms with E-state index in [0.717, 1.165) is 23.4 Å². The molecule has 32 heavy (non-hydrogen) atoms. The Kier molecular flexibility index (Phi) is 7.76. The van der Waals surface area contributed by atoms with Crippen molar-refractivity contribution in [1.29, 1.82) is 0 Å². The van der Waals surface area contributed by atoms with Gasteiger partial charge < -0.3 is 10.3 Å². The molecular formula is C23H27FN4O3S. The van der Waals surface area contributed by atoms with Gasteiger partial charge in [-0.3, -0.25) is 4.79 Å². The number of aromatic nitrogens is 2. The molecule has 2 N–H and O–H groups in total. The summed E-state index contributed by atoms with van der Waals surface area (Å²) in [5, 5.41) is 2.96. The first-order valence-electron chi connectivity index (χ1n) is 10.4. The smallest absolute Gasteiger partial charge is 0.242 e. The van der Waals surface area contributed by atoms with Gasteiger partial charge >= 0.3 is 0 Å². The fourth-order valence-corrected chi connectivity index (χ4v) is 4.49. The van der Waals surface area contributed by atoms with Crippen molar-refractivity contribution in [2.45, 2.75) is 37.1 Å². The number of amides is 1. The Bertz CT molecular complexity index is 1130. The van der Waals surface area contributed by atoms with Crippen LogP contribution in [0.2, 0.25) is 0 Å². The van der Waals surface area contributed by atoms with E-state index in [0.29, 0.717) is 18.7 Å². The molecule has 1 amide bonds. The van der Waals surface area contributed by atoms with Gasteiger partial charge in [0.15, 0.2) is 0 Å². The summed E-state index contributed by atoms with van der Waals surface area (Å²) in [5.74, 6) is -0.000927. The summed E-state index contributed by atoms with van der Waals surface area (Å²) in [5.41, 5.74) is 1.89. The van der Waals surface area contributed by atoms with Crippen LogP contribution in [0.1, 0.15) is 38.1 Å². The van der Waals surface area contributed by atoms with Crippen LogP contribution in [0, 0.1) is 5.82 Å². The van der Waals surface area contributed by atoms with Crippen molar-refractivity contribution in [3.8, 4) is 11.3 Å². The average Bonchev–Trinajstić information content (AvgIpc) is 3.28. The number of benzene rings is 2. The third-order valence-electron chi connectivity index (χ3n) is 5.15. The second-order valence-electron chi connectivity index (χ2n) is 7.46. The summed E-state index contributed by atoms with van der Waals surface area (Å²) in [6.07, 6.45) is 2.93. The summed E-state index contributed by atoms with van der Waals surface area (Å²) < 4.78 is 39.3. The first-order valence-corrected chi connectivity index (χ1v) is 11.9. The lowest BCUT2D eigenvalue weighted by Gasteiger charge is -2.18. The number of hydrogen-bond donors (Lipinski definition) is 2. The molecule has 1 aromatic heterocycles. The minimum Gasteiger partial charge on any atom is -0.346 e. The zero-order valence-corrected chi connectivity index (χ0v) is 18.9. The van der Waals surface area contributed by atoms with E-state index >= 15 is 0 Å². The van der Waals surface area contributed by atoms with Gasteiger partial charge in [-0.25, -0.2) is 22.1 Å². The van der Waals surface area contributed by atoms with Crippen molar-refractivity contribution in [2.24, 2.45) is 0 Å². The Morgan fingerprint density at radius 3 is 2.50 bits per heavy atom. The van der Waals surface area contributed by atoms with Crippen molar-refractivity contribution in [1.82, 2.24) is 19.6 Å². The van der Waals surface area contributed by atoms with E-state index in [-0.39, 0.29) is 29.8 Å². The van der Waals surface area contributed by atoms with Crippen LogP contribution in [0.5, 0.6) is 0 Å². The molecule has 1 unspecified atom stereocenters. The van der Waals surface area contributed by atoms with Gasteiger partial charge in [0.1, 0.15) is 11.6 Å². The zero-order valence-electron chi connectivity index (χ0n) is 18.1. The van der Waals surface area contributed by atoms with Crippen LogP contribution in [0.3, 0.4) is 0 Å². The van der Waals surface area contributed by atoms with Crippen molar-refractivity contribution < 1.29 is 17.6 Å². The van der Waals surface area contributed by atoms with Gasteiger partial charge in [-0.1, -0.05) is 37.3 Å². The molecule has 1 atom stereocenters. The van der Waals surface area contributed by atoms with Crippen molar-refractivity contribution in [2.75, 3.05) is 13.6 Å². The van der Waals surface area contributed by atoms with Gasteiger partial charge in [0.25, 0.3) is 0 Å². The third-order valence-corrected chi connectivity index (χ3v) is 7.02. The van der Waals surface area contributed by atoms with Crippen LogP contribution in [0.4, 0.5) is 4.39 Å². The number of carbonyl (C=O) groups excluding carboxylic acids is 1. The van der Waals surface area contributed by atoms with Crippen LogP contribution in [-0.4, -0.2) is 42.2 Å². The van der Waals surface area contributed by atoms with E-state index in [1.165, 1.54) is 23.5 Å². The van der Waals surface area contributed by atoms with Gasteiger partial charge in [0.05, 0.1) is 22.8 Å². The first-order chi connectivity index (χ1) is 15.3. The number of sulfonamides is 1. The van der Waals surface area contributed by atoms with Gasteiger partial charge in [0.2, 0.25) is 15.9 Å². The molecule has 170 valence electrons. The molecule has 0 fully saturated rings. The van der Waals surface area contributed by atoms with Crippen LogP contribution in [0.25, 0.3) is 11.3 Å². The molecule has 0 saturated heterocycles. The molecule has 3 rings (SSSR count). The highest BCUT2D eigenvalue weighted by Gasteiger charge is 2.21. The lowest BCUT2D eigenvalue weighted by molar-refractivity contribution is -0.122. The predicted molar refractivity (Wildman–Crippen MR) is 121 cm³/mol. The summed E-state index contributed by atoms with van der Waals surface area (Å²) in [6, 6.07) is 14.2. The molecule has 2 aromatic carbocycles. The fourth-order valence-electron chi connectivity index (χ4n) is 3.28. The van der Waals surface area contributed by atoms with Crippen LogP contribution in [-0.2, 0) is 14.8 Å². The summed E-state index contributed by atoms with van der Waals surface area (Å²) in [4.78, 5) is 20.1. The van der Waals surface area contributed by atoms with Crippen LogP contribution < -0.4 is 5.32 Å². The molecule has 0 aliphatic rings. The van der Waals surface area contributed by atoms with E-state index in [2.05, 4.69) is 15.3 Å². The molecule has 7 nitrogen and oxygen atoms in total. The lowest BCUT2D eigenvalue weighted by Crippen LogP contribution is -2.31. The lowest BCUT2D eigenvalue weighted by atomic mass is 10.2. The Labute approximate surface area is 187 Å². The Hall–Kier alpha value is -3.04. The molecule has 3 aromatic rings. The average molecular weight is 459 g/mol. The van der Waals surface area contributed by atoms with E-state index < -0.39 is 15.8 Å². The topological polar surface area (TPSA) is 95.2 Å². The van der Waals surface area contributed by atoms with Crippen LogP contribution in [0.15, 0.2) is 65.7 Å². The van der Waals surface area contributed by atoms with Crippen LogP contribution >= 0.6 is 0 Å². The Balaban J connectivity index is 1.52. The van der Waals surface area contributed by atoms with E-state index in [1.807, 2.05) is 37.3 Å². The SMILES string of the molecule is CCC(NC(=O)CCCN(C)S(=O)(=O)c1ccc(F)cc1)c1ncc(-c2ccccc2)[nH]1.